The SMILES string of the molecule is Cc1cc(=O)oc2cc(OC/C=C/CO)ccc12. The van der Waals surface area contributed by atoms with Crippen molar-refractivity contribution in [2.24, 2.45) is 0 Å². The summed E-state index contributed by atoms with van der Waals surface area (Å²) in [5, 5.41) is 9.47. The standard InChI is InChI=1S/C14H14O4/c1-10-8-14(16)18-13-9-11(4-5-12(10)13)17-7-3-2-6-15/h2-5,8-9,15H,6-7H2,1H3/b3-2+. The number of fused-ring (bicyclic) bond motifs is 1. The maximum absolute atomic E-state index is 11.3. The van der Waals surface area contributed by atoms with Crippen LogP contribution in [0.3, 0.4) is 0 Å². The van der Waals surface area contributed by atoms with Crippen molar-refractivity contribution in [2.75, 3.05) is 13.2 Å². The Labute approximate surface area is 104 Å². The van der Waals surface area contributed by atoms with Gasteiger partial charge in [0.1, 0.15) is 17.9 Å². The Kier molecular flexibility index (Phi) is 3.79. The summed E-state index contributed by atoms with van der Waals surface area (Å²) in [5.41, 5.74) is 1.04. The molecule has 2 rings (SSSR count). The summed E-state index contributed by atoms with van der Waals surface area (Å²) >= 11 is 0. The zero-order valence-electron chi connectivity index (χ0n) is 10.1. The fourth-order valence-electron chi connectivity index (χ4n) is 1.68. The molecule has 1 N–H and O–H groups in total. The van der Waals surface area contributed by atoms with Gasteiger partial charge >= 0.3 is 5.63 Å². The molecule has 0 bridgehead atoms. The van der Waals surface area contributed by atoms with E-state index in [1.54, 1.807) is 18.2 Å². The summed E-state index contributed by atoms with van der Waals surface area (Å²) in [6, 6.07) is 6.84. The van der Waals surface area contributed by atoms with Crippen LogP contribution in [-0.2, 0) is 0 Å². The molecular weight excluding hydrogens is 232 g/mol. The van der Waals surface area contributed by atoms with Crippen molar-refractivity contribution < 1.29 is 14.3 Å². The minimum absolute atomic E-state index is 0.00481. The van der Waals surface area contributed by atoms with Crippen molar-refractivity contribution in [3.8, 4) is 5.75 Å². The summed E-state index contributed by atoms with van der Waals surface area (Å²) in [6.45, 7) is 2.22. The quantitative estimate of drug-likeness (QED) is 0.662. The largest absolute Gasteiger partial charge is 0.489 e. The number of hydrogen-bond donors (Lipinski definition) is 1. The molecule has 0 fully saturated rings. The van der Waals surface area contributed by atoms with E-state index in [1.807, 2.05) is 19.1 Å². The van der Waals surface area contributed by atoms with Crippen LogP contribution in [-0.4, -0.2) is 18.3 Å². The molecule has 0 amide bonds. The number of aryl methyl sites for hydroxylation is 1. The normalized spacial score (nSPS) is 11.2. The van der Waals surface area contributed by atoms with Crippen LogP contribution in [0, 0.1) is 6.92 Å². The van der Waals surface area contributed by atoms with E-state index in [0.29, 0.717) is 17.9 Å². The predicted molar refractivity (Wildman–Crippen MR) is 68.9 cm³/mol. The Bertz CT molecular complexity index is 625. The third-order valence-corrected chi connectivity index (χ3v) is 2.54. The van der Waals surface area contributed by atoms with Crippen molar-refractivity contribution in [1.29, 1.82) is 0 Å². The molecule has 0 atom stereocenters. The lowest BCUT2D eigenvalue weighted by molar-refractivity contribution is 0.336. The van der Waals surface area contributed by atoms with E-state index < -0.39 is 0 Å². The Hall–Kier alpha value is -2.07. The maximum atomic E-state index is 11.3. The van der Waals surface area contributed by atoms with E-state index in [9.17, 15) is 4.79 Å². The molecule has 0 spiro atoms. The van der Waals surface area contributed by atoms with Crippen molar-refractivity contribution in [1.82, 2.24) is 0 Å². The first kappa shape index (κ1) is 12.4. The van der Waals surface area contributed by atoms with Crippen molar-refractivity contribution in [3.63, 3.8) is 0 Å². The van der Waals surface area contributed by atoms with Gasteiger partial charge < -0.3 is 14.3 Å². The molecule has 1 aromatic carbocycles. The summed E-state index contributed by atoms with van der Waals surface area (Å²) < 4.78 is 10.6. The van der Waals surface area contributed by atoms with Crippen molar-refractivity contribution in [2.45, 2.75) is 6.92 Å². The molecule has 0 unspecified atom stereocenters. The molecular formula is C14H14O4. The highest BCUT2D eigenvalue weighted by Gasteiger charge is 2.03. The van der Waals surface area contributed by atoms with Crippen LogP contribution in [0.2, 0.25) is 0 Å². The molecule has 4 heteroatoms. The zero-order valence-corrected chi connectivity index (χ0v) is 10.1. The van der Waals surface area contributed by atoms with Gasteiger partial charge in [0.05, 0.1) is 6.61 Å². The molecule has 0 aliphatic carbocycles. The smallest absolute Gasteiger partial charge is 0.336 e. The first-order valence-corrected chi connectivity index (χ1v) is 5.64. The minimum atomic E-state index is -0.364. The van der Waals surface area contributed by atoms with Crippen LogP contribution in [0.25, 0.3) is 11.0 Å². The van der Waals surface area contributed by atoms with Crippen LogP contribution >= 0.6 is 0 Å². The van der Waals surface area contributed by atoms with Crippen LogP contribution < -0.4 is 10.4 Å². The lowest BCUT2D eigenvalue weighted by Crippen LogP contribution is -1.99. The zero-order chi connectivity index (χ0) is 13.0. The van der Waals surface area contributed by atoms with Gasteiger partial charge in [-0.05, 0) is 30.7 Å². The molecule has 2 aromatic rings. The van der Waals surface area contributed by atoms with Gasteiger partial charge in [-0.15, -0.1) is 0 Å². The molecule has 1 heterocycles. The fourth-order valence-corrected chi connectivity index (χ4v) is 1.68. The van der Waals surface area contributed by atoms with Crippen LogP contribution in [0.5, 0.6) is 5.75 Å². The molecule has 0 aliphatic rings. The van der Waals surface area contributed by atoms with E-state index in [2.05, 4.69) is 0 Å². The molecule has 0 radical (unpaired) electrons. The lowest BCUT2D eigenvalue weighted by Gasteiger charge is -2.05. The second-order valence-electron chi connectivity index (χ2n) is 3.87. The summed E-state index contributed by atoms with van der Waals surface area (Å²) in [4.78, 5) is 11.3. The van der Waals surface area contributed by atoms with E-state index in [0.717, 1.165) is 10.9 Å². The number of ether oxygens (including phenoxy) is 1. The highest BCUT2D eigenvalue weighted by Crippen LogP contribution is 2.22. The topological polar surface area (TPSA) is 59.7 Å². The number of hydrogen-bond acceptors (Lipinski definition) is 4. The lowest BCUT2D eigenvalue weighted by atomic mass is 10.1. The average Bonchev–Trinajstić information content (AvgIpc) is 2.34. The highest BCUT2D eigenvalue weighted by atomic mass is 16.5. The summed E-state index contributed by atoms with van der Waals surface area (Å²) in [7, 11) is 0. The Balaban J connectivity index is 2.27. The van der Waals surface area contributed by atoms with Crippen LogP contribution in [0.15, 0.2) is 45.6 Å². The van der Waals surface area contributed by atoms with Gasteiger partial charge in [0.2, 0.25) is 0 Å². The van der Waals surface area contributed by atoms with Gasteiger partial charge in [0, 0.05) is 17.5 Å². The number of aliphatic hydroxyl groups excluding tert-OH is 1. The Morgan fingerprint density at radius 2 is 2.17 bits per heavy atom. The van der Waals surface area contributed by atoms with Gasteiger partial charge in [-0.2, -0.15) is 0 Å². The first-order valence-electron chi connectivity index (χ1n) is 5.64. The second-order valence-corrected chi connectivity index (χ2v) is 3.87. The van der Waals surface area contributed by atoms with Crippen LogP contribution in [0.4, 0.5) is 0 Å². The summed E-state index contributed by atoms with van der Waals surface area (Å²) in [5.74, 6) is 0.624. The molecule has 4 nitrogen and oxygen atoms in total. The average molecular weight is 246 g/mol. The molecule has 0 aliphatic heterocycles. The molecule has 18 heavy (non-hydrogen) atoms. The van der Waals surface area contributed by atoms with Gasteiger partial charge in [-0.25, -0.2) is 4.79 Å². The molecule has 1 aromatic heterocycles. The van der Waals surface area contributed by atoms with Gasteiger partial charge in [0.15, 0.2) is 0 Å². The van der Waals surface area contributed by atoms with Crippen molar-refractivity contribution in [3.05, 3.63) is 52.4 Å². The number of rotatable bonds is 4. The third kappa shape index (κ3) is 2.78. The predicted octanol–water partition coefficient (Wildman–Crippen LogP) is 2.03. The molecule has 94 valence electrons. The fraction of sp³-hybridized carbons (Fsp3) is 0.214. The first-order chi connectivity index (χ1) is 8.70. The van der Waals surface area contributed by atoms with E-state index >= 15 is 0 Å². The highest BCUT2D eigenvalue weighted by molar-refractivity contribution is 5.81. The van der Waals surface area contributed by atoms with Gasteiger partial charge in [-0.3, -0.25) is 0 Å². The van der Waals surface area contributed by atoms with Crippen LogP contribution in [0.1, 0.15) is 5.56 Å². The molecule has 0 saturated carbocycles. The second kappa shape index (κ2) is 5.51. The monoisotopic (exact) mass is 246 g/mol. The minimum Gasteiger partial charge on any atom is -0.489 e. The van der Waals surface area contributed by atoms with E-state index in [1.165, 1.54) is 6.07 Å². The summed E-state index contributed by atoms with van der Waals surface area (Å²) in [6.07, 6.45) is 3.32. The number of aliphatic hydroxyl groups is 1. The van der Waals surface area contributed by atoms with Gasteiger partial charge in [-0.1, -0.05) is 6.08 Å². The Morgan fingerprint density at radius 3 is 2.94 bits per heavy atom. The van der Waals surface area contributed by atoms with Crippen molar-refractivity contribution >= 4 is 11.0 Å². The van der Waals surface area contributed by atoms with E-state index in [4.69, 9.17) is 14.3 Å². The maximum Gasteiger partial charge on any atom is 0.336 e. The Morgan fingerprint density at radius 1 is 1.33 bits per heavy atom. The third-order valence-electron chi connectivity index (χ3n) is 2.54. The molecule has 0 saturated heterocycles. The van der Waals surface area contributed by atoms with Gasteiger partial charge in [0.25, 0.3) is 0 Å². The van der Waals surface area contributed by atoms with E-state index in [-0.39, 0.29) is 12.2 Å². The number of benzene rings is 1.